The third kappa shape index (κ3) is 3.64. The number of thioether (sulfide) groups is 1. The van der Waals surface area contributed by atoms with Crippen molar-refractivity contribution in [1.82, 2.24) is 14.9 Å². The predicted molar refractivity (Wildman–Crippen MR) is 85.4 cm³/mol. The minimum absolute atomic E-state index is 0.814. The van der Waals surface area contributed by atoms with E-state index in [1.54, 1.807) is 6.20 Å². The van der Waals surface area contributed by atoms with Crippen LogP contribution in [0.2, 0.25) is 0 Å². The van der Waals surface area contributed by atoms with E-state index in [2.05, 4.69) is 46.3 Å². The summed E-state index contributed by atoms with van der Waals surface area (Å²) in [6, 6.07) is 8.68. The molecule has 4 heteroatoms. The normalized spacial score (nSPS) is 19.1. The SMILES string of the molecule is c1cn(-c2ccc(CNCC3CCCCS3)cc2)cn1. The molecule has 0 saturated carbocycles. The molecule has 20 heavy (non-hydrogen) atoms. The molecule has 1 atom stereocenters. The van der Waals surface area contributed by atoms with E-state index >= 15 is 0 Å². The largest absolute Gasteiger partial charge is 0.312 e. The predicted octanol–water partition coefficient (Wildman–Crippen LogP) is 3.25. The van der Waals surface area contributed by atoms with Gasteiger partial charge in [-0.25, -0.2) is 4.98 Å². The van der Waals surface area contributed by atoms with E-state index < -0.39 is 0 Å². The van der Waals surface area contributed by atoms with E-state index in [0.29, 0.717) is 0 Å². The van der Waals surface area contributed by atoms with Gasteiger partial charge in [-0.2, -0.15) is 11.8 Å². The van der Waals surface area contributed by atoms with Crippen molar-refractivity contribution in [3.63, 3.8) is 0 Å². The number of hydrogen-bond acceptors (Lipinski definition) is 3. The van der Waals surface area contributed by atoms with Crippen LogP contribution in [-0.4, -0.2) is 27.1 Å². The monoisotopic (exact) mass is 287 g/mol. The van der Waals surface area contributed by atoms with Crippen LogP contribution in [0, 0.1) is 0 Å². The molecular formula is C16H21N3S. The molecular weight excluding hydrogens is 266 g/mol. The lowest BCUT2D eigenvalue weighted by atomic mass is 10.1. The zero-order valence-corrected chi connectivity index (χ0v) is 12.5. The van der Waals surface area contributed by atoms with Crippen molar-refractivity contribution in [3.8, 4) is 5.69 Å². The Morgan fingerprint density at radius 1 is 1.25 bits per heavy atom. The van der Waals surface area contributed by atoms with Crippen molar-refractivity contribution < 1.29 is 0 Å². The van der Waals surface area contributed by atoms with Crippen LogP contribution in [0.1, 0.15) is 24.8 Å². The van der Waals surface area contributed by atoms with Gasteiger partial charge in [-0.1, -0.05) is 18.6 Å². The summed E-state index contributed by atoms with van der Waals surface area (Å²) in [6.07, 6.45) is 9.77. The van der Waals surface area contributed by atoms with Crippen LogP contribution in [-0.2, 0) is 6.54 Å². The molecule has 1 saturated heterocycles. The topological polar surface area (TPSA) is 29.9 Å². The fraction of sp³-hybridized carbons (Fsp3) is 0.438. The Balaban J connectivity index is 1.48. The second-order valence-corrected chi connectivity index (χ2v) is 6.66. The Bertz CT molecular complexity index is 501. The van der Waals surface area contributed by atoms with Gasteiger partial charge in [-0.15, -0.1) is 0 Å². The van der Waals surface area contributed by atoms with E-state index in [0.717, 1.165) is 24.0 Å². The highest BCUT2D eigenvalue weighted by Crippen LogP contribution is 2.24. The van der Waals surface area contributed by atoms with E-state index in [-0.39, 0.29) is 0 Å². The Morgan fingerprint density at radius 3 is 2.85 bits per heavy atom. The van der Waals surface area contributed by atoms with Crippen LogP contribution >= 0.6 is 11.8 Å². The summed E-state index contributed by atoms with van der Waals surface area (Å²) in [5.74, 6) is 1.34. The van der Waals surface area contributed by atoms with Crippen molar-refractivity contribution in [1.29, 1.82) is 0 Å². The van der Waals surface area contributed by atoms with Crippen molar-refractivity contribution in [2.24, 2.45) is 0 Å². The molecule has 1 unspecified atom stereocenters. The third-order valence-corrected chi connectivity index (χ3v) is 5.11. The quantitative estimate of drug-likeness (QED) is 0.915. The molecule has 0 spiro atoms. The number of imidazole rings is 1. The number of rotatable bonds is 5. The molecule has 1 N–H and O–H groups in total. The van der Waals surface area contributed by atoms with Gasteiger partial charge in [0.15, 0.2) is 0 Å². The van der Waals surface area contributed by atoms with E-state index in [1.807, 2.05) is 17.1 Å². The van der Waals surface area contributed by atoms with E-state index in [4.69, 9.17) is 0 Å². The van der Waals surface area contributed by atoms with Crippen LogP contribution in [0.4, 0.5) is 0 Å². The molecule has 1 fully saturated rings. The number of benzene rings is 1. The molecule has 2 aromatic rings. The van der Waals surface area contributed by atoms with Crippen LogP contribution in [0.5, 0.6) is 0 Å². The zero-order valence-electron chi connectivity index (χ0n) is 11.7. The highest BCUT2D eigenvalue weighted by atomic mass is 32.2. The molecule has 106 valence electrons. The van der Waals surface area contributed by atoms with E-state index in [9.17, 15) is 0 Å². The van der Waals surface area contributed by atoms with Gasteiger partial charge in [0.2, 0.25) is 0 Å². The van der Waals surface area contributed by atoms with E-state index in [1.165, 1.54) is 30.6 Å². The van der Waals surface area contributed by atoms with Gasteiger partial charge in [-0.05, 0) is 36.3 Å². The first-order chi connectivity index (χ1) is 9.92. The summed E-state index contributed by atoms with van der Waals surface area (Å²) in [4.78, 5) is 4.07. The fourth-order valence-electron chi connectivity index (χ4n) is 2.54. The van der Waals surface area contributed by atoms with Crippen molar-refractivity contribution in [2.75, 3.05) is 12.3 Å². The molecule has 0 radical (unpaired) electrons. The summed E-state index contributed by atoms with van der Waals surface area (Å²) in [7, 11) is 0. The van der Waals surface area contributed by atoms with Crippen LogP contribution in [0.15, 0.2) is 43.0 Å². The maximum atomic E-state index is 4.07. The lowest BCUT2D eigenvalue weighted by Gasteiger charge is -2.21. The molecule has 2 heterocycles. The fourth-order valence-corrected chi connectivity index (χ4v) is 3.82. The summed E-state index contributed by atoms with van der Waals surface area (Å²) in [5.41, 5.74) is 2.50. The molecule has 0 aliphatic carbocycles. The van der Waals surface area contributed by atoms with Gasteiger partial charge in [0, 0.05) is 36.4 Å². The Labute approximate surface area is 124 Å². The molecule has 0 bridgehead atoms. The van der Waals surface area contributed by atoms with Crippen molar-refractivity contribution in [2.45, 2.75) is 31.1 Å². The Kier molecular flexibility index (Phi) is 4.77. The minimum Gasteiger partial charge on any atom is -0.312 e. The molecule has 3 rings (SSSR count). The smallest absolute Gasteiger partial charge is 0.0991 e. The molecule has 3 nitrogen and oxygen atoms in total. The highest BCUT2D eigenvalue weighted by molar-refractivity contribution is 7.99. The molecule has 1 aromatic carbocycles. The standard InChI is InChI=1S/C16H21N3S/c1-2-10-20-16(3-1)12-18-11-14-4-6-15(7-5-14)19-9-8-17-13-19/h4-9,13,16,18H,1-3,10-12H2. The second-order valence-electron chi connectivity index (χ2n) is 5.26. The molecule has 1 aliphatic heterocycles. The van der Waals surface area contributed by atoms with Gasteiger partial charge in [0.25, 0.3) is 0 Å². The summed E-state index contributed by atoms with van der Waals surface area (Å²) >= 11 is 2.13. The Morgan fingerprint density at radius 2 is 2.15 bits per heavy atom. The summed E-state index contributed by atoms with van der Waals surface area (Å²) in [5, 5.41) is 4.40. The first-order valence-corrected chi connectivity index (χ1v) is 8.36. The third-order valence-electron chi connectivity index (χ3n) is 3.71. The molecule has 1 aromatic heterocycles. The minimum atomic E-state index is 0.814. The maximum Gasteiger partial charge on any atom is 0.0991 e. The maximum absolute atomic E-state index is 4.07. The first-order valence-electron chi connectivity index (χ1n) is 7.31. The van der Waals surface area contributed by atoms with Gasteiger partial charge >= 0.3 is 0 Å². The molecule has 1 aliphatic rings. The highest BCUT2D eigenvalue weighted by Gasteiger charge is 2.12. The van der Waals surface area contributed by atoms with Gasteiger partial charge in [0.05, 0.1) is 6.33 Å². The van der Waals surface area contributed by atoms with Crippen LogP contribution < -0.4 is 5.32 Å². The number of nitrogens with zero attached hydrogens (tertiary/aromatic N) is 2. The van der Waals surface area contributed by atoms with Crippen LogP contribution in [0.25, 0.3) is 5.69 Å². The van der Waals surface area contributed by atoms with Gasteiger partial charge < -0.3 is 9.88 Å². The number of aromatic nitrogens is 2. The van der Waals surface area contributed by atoms with Gasteiger partial charge in [0.1, 0.15) is 0 Å². The summed E-state index contributed by atoms with van der Waals surface area (Å²) < 4.78 is 2.02. The van der Waals surface area contributed by atoms with Crippen molar-refractivity contribution in [3.05, 3.63) is 48.5 Å². The number of hydrogen-bond donors (Lipinski definition) is 1. The van der Waals surface area contributed by atoms with Crippen LogP contribution in [0.3, 0.4) is 0 Å². The first kappa shape index (κ1) is 13.7. The average Bonchev–Trinajstić information content (AvgIpc) is 3.03. The zero-order chi connectivity index (χ0) is 13.6. The number of nitrogens with one attached hydrogen (secondary N) is 1. The molecule has 0 amide bonds. The van der Waals surface area contributed by atoms with Crippen molar-refractivity contribution >= 4 is 11.8 Å². The van der Waals surface area contributed by atoms with Gasteiger partial charge in [-0.3, -0.25) is 0 Å². The lowest BCUT2D eigenvalue weighted by molar-refractivity contribution is 0.598. The average molecular weight is 287 g/mol. The Hall–Kier alpha value is -1.26. The summed E-state index contributed by atoms with van der Waals surface area (Å²) in [6.45, 7) is 2.09. The second kappa shape index (κ2) is 6.95. The lowest BCUT2D eigenvalue weighted by Crippen LogP contribution is -2.26.